The third kappa shape index (κ3) is 4.72. The average molecular weight is 515 g/mol. The maximum atomic E-state index is 13.1. The van der Waals surface area contributed by atoms with Crippen LogP contribution < -0.4 is 15.4 Å². The molecule has 6 heterocycles. The summed E-state index contributed by atoms with van der Waals surface area (Å²) in [6.07, 6.45) is 8.08. The Balaban J connectivity index is 1.17. The number of aromatic nitrogens is 5. The summed E-state index contributed by atoms with van der Waals surface area (Å²) in [6.45, 7) is 6.72. The number of fused-ring (bicyclic) bond motifs is 2. The molecule has 1 fully saturated rings. The molecule has 0 aliphatic carbocycles. The highest BCUT2D eigenvalue weighted by atomic mass is 16.5. The minimum atomic E-state index is -0.312. The van der Waals surface area contributed by atoms with Gasteiger partial charge in [-0.2, -0.15) is 5.10 Å². The van der Waals surface area contributed by atoms with Gasteiger partial charge in [0, 0.05) is 30.6 Å². The fourth-order valence-electron chi connectivity index (χ4n) is 5.07. The van der Waals surface area contributed by atoms with Crippen molar-refractivity contribution in [1.82, 2.24) is 29.6 Å². The van der Waals surface area contributed by atoms with Gasteiger partial charge in [0.25, 0.3) is 5.91 Å². The summed E-state index contributed by atoms with van der Waals surface area (Å²) in [5.41, 5.74) is 4.50. The van der Waals surface area contributed by atoms with Crippen LogP contribution in [0.5, 0.6) is 5.88 Å². The van der Waals surface area contributed by atoms with Crippen LogP contribution >= 0.6 is 0 Å². The van der Waals surface area contributed by atoms with E-state index < -0.39 is 0 Å². The van der Waals surface area contributed by atoms with Crippen LogP contribution in [0.15, 0.2) is 36.8 Å². The fourth-order valence-corrected chi connectivity index (χ4v) is 5.07. The lowest BCUT2D eigenvalue weighted by Crippen LogP contribution is -2.35. The van der Waals surface area contributed by atoms with Crippen LogP contribution in [-0.2, 0) is 11.3 Å². The summed E-state index contributed by atoms with van der Waals surface area (Å²) >= 11 is 0. The van der Waals surface area contributed by atoms with Crippen molar-refractivity contribution in [3.8, 4) is 17.1 Å². The molecule has 4 aromatic rings. The summed E-state index contributed by atoms with van der Waals surface area (Å²) in [7, 11) is 0. The minimum Gasteiger partial charge on any atom is -0.477 e. The molecule has 2 amide bonds. The molecule has 0 saturated carbocycles. The third-order valence-corrected chi connectivity index (χ3v) is 7.22. The maximum Gasteiger partial charge on any atom is 0.257 e. The number of amides is 2. The number of hydrogen-bond acceptors (Lipinski definition) is 7. The van der Waals surface area contributed by atoms with Gasteiger partial charge in [-0.25, -0.2) is 9.67 Å². The fraction of sp³-hybridized carbons (Fsp3) is 0.370. The van der Waals surface area contributed by atoms with E-state index in [1.807, 2.05) is 17.7 Å². The Morgan fingerprint density at radius 3 is 2.84 bits per heavy atom. The van der Waals surface area contributed by atoms with Gasteiger partial charge in [-0.05, 0) is 51.4 Å². The number of pyridine rings is 2. The normalized spacial score (nSPS) is 17.3. The number of carbonyl (C=O) groups is 2. The molecule has 6 rings (SSSR count). The predicted octanol–water partition coefficient (Wildman–Crippen LogP) is 3.59. The van der Waals surface area contributed by atoms with Gasteiger partial charge in [-0.15, -0.1) is 0 Å². The lowest BCUT2D eigenvalue weighted by molar-refractivity contribution is -0.117. The molecule has 11 heteroatoms. The van der Waals surface area contributed by atoms with Gasteiger partial charge in [0.15, 0.2) is 0 Å². The molecule has 4 aromatic heterocycles. The molecule has 196 valence electrons. The monoisotopic (exact) mass is 514 g/mol. The van der Waals surface area contributed by atoms with Gasteiger partial charge >= 0.3 is 0 Å². The van der Waals surface area contributed by atoms with Crippen molar-refractivity contribution in [2.24, 2.45) is 0 Å². The van der Waals surface area contributed by atoms with Crippen LogP contribution in [0, 0.1) is 6.92 Å². The van der Waals surface area contributed by atoms with Crippen molar-refractivity contribution in [3.63, 3.8) is 0 Å². The zero-order valence-electron chi connectivity index (χ0n) is 21.5. The molecule has 0 bridgehead atoms. The van der Waals surface area contributed by atoms with E-state index in [0.717, 1.165) is 54.9 Å². The smallest absolute Gasteiger partial charge is 0.257 e. The second kappa shape index (κ2) is 9.90. The first-order valence-electron chi connectivity index (χ1n) is 12.9. The molecule has 2 aliphatic heterocycles. The Bertz CT molecular complexity index is 1520. The second-order valence-electron chi connectivity index (χ2n) is 9.95. The van der Waals surface area contributed by atoms with Crippen molar-refractivity contribution in [2.45, 2.75) is 45.7 Å². The van der Waals surface area contributed by atoms with Gasteiger partial charge in [-0.3, -0.25) is 19.5 Å². The van der Waals surface area contributed by atoms with Gasteiger partial charge in [-0.1, -0.05) is 0 Å². The van der Waals surface area contributed by atoms with Gasteiger partial charge in [0.1, 0.15) is 5.65 Å². The highest BCUT2D eigenvalue weighted by molar-refractivity contribution is 6.06. The molecule has 0 spiro atoms. The predicted molar refractivity (Wildman–Crippen MR) is 143 cm³/mol. The molecule has 3 N–H and O–H groups in total. The van der Waals surface area contributed by atoms with Gasteiger partial charge in [0.05, 0.1) is 59.4 Å². The number of rotatable bonds is 6. The van der Waals surface area contributed by atoms with Crippen LogP contribution in [0.25, 0.3) is 22.3 Å². The minimum absolute atomic E-state index is 0.0929. The van der Waals surface area contributed by atoms with E-state index >= 15 is 0 Å². The lowest BCUT2D eigenvalue weighted by Gasteiger charge is -2.20. The van der Waals surface area contributed by atoms with Gasteiger partial charge in [0.2, 0.25) is 11.8 Å². The largest absolute Gasteiger partial charge is 0.477 e. The molecular formula is C27H30N8O3. The van der Waals surface area contributed by atoms with E-state index in [0.29, 0.717) is 47.5 Å². The molecular weight excluding hydrogens is 484 g/mol. The topological polar surface area (TPSA) is 130 Å². The first kappa shape index (κ1) is 24.1. The zero-order chi connectivity index (χ0) is 26.2. The quantitative estimate of drug-likeness (QED) is 0.358. The molecule has 2 aliphatic rings. The van der Waals surface area contributed by atoms with Crippen molar-refractivity contribution >= 4 is 34.2 Å². The molecule has 1 atom stereocenters. The average Bonchev–Trinajstić information content (AvgIpc) is 3.63. The lowest BCUT2D eigenvalue weighted by atomic mass is 10.2. The summed E-state index contributed by atoms with van der Waals surface area (Å²) in [4.78, 5) is 40.0. The number of hydrogen-bond donors (Lipinski definition) is 3. The number of aromatic amines is 1. The molecule has 38 heavy (non-hydrogen) atoms. The van der Waals surface area contributed by atoms with Crippen molar-refractivity contribution in [1.29, 1.82) is 0 Å². The summed E-state index contributed by atoms with van der Waals surface area (Å²) in [6, 6.07) is 5.88. The Hall–Kier alpha value is -4.25. The Labute approximate surface area is 219 Å². The molecule has 0 radical (unpaired) electrons. The van der Waals surface area contributed by atoms with Crippen LogP contribution in [0.1, 0.15) is 42.2 Å². The Kier molecular flexibility index (Phi) is 6.28. The van der Waals surface area contributed by atoms with Crippen LogP contribution in [0.4, 0.5) is 11.4 Å². The number of aryl methyl sites for hydroxylation is 2. The van der Waals surface area contributed by atoms with E-state index in [1.54, 1.807) is 24.5 Å². The number of carbonyl (C=O) groups excluding carboxylic acids is 2. The van der Waals surface area contributed by atoms with E-state index in [9.17, 15) is 9.59 Å². The standard InChI is InChI=1S/C27H30N8O3/c1-16-5-3-6-34(16)15-24(36)31-20-11-22(17(2)28-13-20)33-26(37)19-9-18-10-23(32-25(18)29-12-19)21-14-30-35-7-4-8-38-27(21)35/h9-14,16H,3-8,15H2,1-2H3,(H,29,32)(H,31,36)(H,33,37)/t16-/m0/s1. The molecule has 0 unspecified atom stereocenters. The van der Waals surface area contributed by atoms with E-state index in [-0.39, 0.29) is 11.8 Å². The number of nitrogens with zero attached hydrogens (tertiary/aromatic N) is 5. The Morgan fingerprint density at radius 1 is 1.11 bits per heavy atom. The molecule has 11 nitrogen and oxygen atoms in total. The van der Waals surface area contributed by atoms with Crippen LogP contribution in [0.3, 0.4) is 0 Å². The SMILES string of the molecule is Cc1ncc(NC(=O)CN2CCC[C@@H]2C)cc1NC(=O)c1cnc2[nH]c(-c3cnn4c3OCCC4)cc2c1. The summed E-state index contributed by atoms with van der Waals surface area (Å²) in [5.74, 6) is 0.336. The van der Waals surface area contributed by atoms with Crippen molar-refractivity contribution in [2.75, 3.05) is 30.3 Å². The van der Waals surface area contributed by atoms with E-state index in [4.69, 9.17) is 4.74 Å². The van der Waals surface area contributed by atoms with Gasteiger partial charge < -0.3 is 20.4 Å². The number of likely N-dealkylation sites (tertiary alicyclic amines) is 1. The summed E-state index contributed by atoms with van der Waals surface area (Å²) in [5, 5.41) is 11.0. The van der Waals surface area contributed by atoms with E-state index in [1.165, 1.54) is 6.20 Å². The Morgan fingerprint density at radius 2 is 2.00 bits per heavy atom. The highest BCUT2D eigenvalue weighted by Crippen LogP contribution is 2.33. The third-order valence-electron chi connectivity index (χ3n) is 7.22. The second-order valence-corrected chi connectivity index (χ2v) is 9.95. The van der Waals surface area contributed by atoms with Crippen LogP contribution in [0.2, 0.25) is 0 Å². The highest BCUT2D eigenvalue weighted by Gasteiger charge is 2.23. The first-order valence-corrected chi connectivity index (χ1v) is 12.9. The van der Waals surface area contributed by atoms with Crippen LogP contribution in [-0.4, -0.2) is 67.2 Å². The summed E-state index contributed by atoms with van der Waals surface area (Å²) < 4.78 is 7.67. The zero-order valence-corrected chi connectivity index (χ0v) is 21.5. The van der Waals surface area contributed by atoms with Crippen molar-refractivity contribution < 1.29 is 14.3 Å². The van der Waals surface area contributed by atoms with Crippen molar-refractivity contribution in [3.05, 3.63) is 48.0 Å². The number of anilines is 2. The number of nitrogens with one attached hydrogen (secondary N) is 3. The maximum absolute atomic E-state index is 13.1. The number of ether oxygens (including phenoxy) is 1. The molecule has 0 aromatic carbocycles. The van der Waals surface area contributed by atoms with E-state index in [2.05, 4.69) is 42.5 Å². The number of H-pyrrole nitrogens is 1. The molecule has 1 saturated heterocycles. The first-order chi connectivity index (χ1) is 18.4.